The van der Waals surface area contributed by atoms with E-state index in [1.165, 1.54) is 31.4 Å². The number of nitrogens with zero attached hydrogens (tertiary/aromatic N) is 3. The van der Waals surface area contributed by atoms with Gasteiger partial charge in [0, 0.05) is 43.5 Å². The smallest absolute Gasteiger partial charge is 0.222 e. The molecule has 1 amide bonds. The Balaban J connectivity index is 1.35. The maximum absolute atomic E-state index is 12.6. The van der Waals surface area contributed by atoms with Gasteiger partial charge in [-0.1, -0.05) is 56.0 Å². The van der Waals surface area contributed by atoms with Crippen molar-refractivity contribution in [2.75, 3.05) is 13.1 Å². The van der Waals surface area contributed by atoms with Crippen LogP contribution in [0.1, 0.15) is 50.6 Å². The fourth-order valence-electron chi connectivity index (χ4n) is 4.76. The van der Waals surface area contributed by atoms with E-state index in [1.807, 2.05) is 12.3 Å². The van der Waals surface area contributed by atoms with Gasteiger partial charge in [0.15, 0.2) is 0 Å². The number of likely N-dealkylation sites (tertiary alicyclic amines) is 1. The lowest BCUT2D eigenvalue weighted by molar-refractivity contribution is -0.130. The summed E-state index contributed by atoms with van der Waals surface area (Å²) in [5.41, 5.74) is 2.35. The Morgan fingerprint density at radius 2 is 1.89 bits per heavy atom. The third-order valence-electron chi connectivity index (χ3n) is 6.41. The van der Waals surface area contributed by atoms with Crippen molar-refractivity contribution in [3.63, 3.8) is 0 Å². The molecule has 144 valence electrons. The van der Waals surface area contributed by atoms with E-state index in [4.69, 9.17) is 0 Å². The summed E-state index contributed by atoms with van der Waals surface area (Å²) in [5, 5.41) is 0. The maximum atomic E-state index is 12.6. The number of aromatic nitrogens is 2. The molecule has 2 aromatic rings. The fraction of sp³-hybridized carbons (Fsp3) is 0.565. The zero-order valence-electron chi connectivity index (χ0n) is 16.4. The lowest BCUT2D eigenvalue weighted by Gasteiger charge is -2.19. The first-order valence-corrected chi connectivity index (χ1v) is 10.6. The first kappa shape index (κ1) is 18.3. The Morgan fingerprint density at radius 1 is 1.11 bits per heavy atom. The predicted octanol–water partition coefficient (Wildman–Crippen LogP) is 4.68. The average molecular weight is 366 g/mol. The number of carbonyl (C=O) groups is 1. The number of hydrogen-bond donors (Lipinski definition) is 0. The van der Waals surface area contributed by atoms with E-state index in [0.717, 1.165) is 56.2 Å². The number of amides is 1. The van der Waals surface area contributed by atoms with Crippen LogP contribution in [0.5, 0.6) is 0 Å². The lowest BCUT2D eigenvalue weighted by atomic mass is 10.0. The number of imidazole rings is 1. The number of benzene rings is 1. The van der Waals surface area contributed by atoms with Crippen LogP contribution < -0.4 is 0 Å². The number of aryl methyl sites for hydroxylation is 1. The van der Waals surface area contributed by atoms with E-state index in [9.17, 15) is 4.79 Å². The van der Waals surface area contributed by atoms with Gasteiger partial charge < -0.3 is 9.47 Å². The van der Waals surface area contributed by atoms with Crippen LogP contribution in [0.3, 0.4) is 0 Å². The molecular weight excluding hydrogens is 334 g/mol. The van der Waals surface area contributed by atoms with E-state index >= 15 is 0 Å². The van der Waals surface area contributed by atoms with E-state index in [1.54, 1.807) is 0 Å². The van der Waals surface area contributed by atoms with Gasteiger partial charge in [0.25, 0.3) is 0 Å². The third-order valence-corrected chi connectivity index (χ3v) is 6.41. The Hall–Kier alpha value is -2.10. The van der Waals surface area contributed by atoms with Crippen molar-refractivity contribution in [2.24, 2.45) is 11.8 Å². The summed E-state index contributed by atoms with van der Waals surface area (Å²) >= 11 is 0. The second-order valence-corrected chi connectivity index (χ2v) is 8.38. The van der Waals surface area contributed by atoms with Gasteiger partial charge in [0.05, 0.1) is 0 Å². The van der Waals surface area contributed by atoms with Crippen molar-refractivity contribution < 1.29 is 4.79 Å². The Kier molecular flexibility index (Phi) is 5.61. The molecule has 0 spiro atoms. The van der Waals surface area contributed by atoms with Crippen LogP contribution in [0.25, 0.3) is 11.4 Å². The molecule has 2 heterocycles. The predicted molar refractivity (Wildman–Crippen MR) is 108 cm³/mol. The number of hydrogen-bond acceptors (Lipinski definition) is 2. The van der Waals surface area contributed by atoms with Crippen molar-refractivity contribution in [3.8, 4) is 11.4 Å². The average Bonchev–Trinajstić information content (AvgIpc) is 3.44. The summed E-state index contributed by atoms with van der Waals surface area (Å²) < 4.78 is 2.33. The Labute approximate surface area is 162 Å². The van der Waals surface area contributed by atoms with Crippen LogP contribution in [0.4, 0.5) is 0 Å². The highest BCUT2D eigenvalue weighted by Gasteiger charge is 2.28. The maximum Gasteiger partial charge on any atom is 0.222 e. The molecule has 4 rings (SSSR count). The molecule has 1 aromatic carbocycles. The minimum Gasteiger partial charge on any atom is -0.342 e. The molecule has 1 saturated heterocycles. The first-order valence-electron chi connectivity index (χ1n) is 10.6. The Morgan fingerprint density at radius 3 is 2.67 bits per heavy atom. The van der Waals surface area contributed by atoms with Crippen LogP contribution in [0.2, 0.25) is 0 Å². The van der Waals surface area contributed by atoms with Crippen molar-refractivity contribution in [1.82, 2.24) is 14.5 Å². The van der Waals surface area contributed by atoms with Crippen LogP contribution in [-0.2, 0) is 11.3 Å². The molecule has 0 N–H and O–H groups in total. The van der Waals surface area contributed by atoms with Crippen molar-refractivity contribution in [1.29, 1.82) is 0 Å². The molecule has 1 aliphatic heterocycles. The highest BCUT2D eigenvalue weighted by Crippen LogP contribution is 2.30. The molecule has 1 aromatic heterocycles. The summed E-state index contributed by atoms with van der Waals surface area (Å²) in [6.45, 7) is 4.89. The highest BCUT2D eigenvalue weighted by molar-refractivity contribution is 5.76. The molecule has 1 atom stereocenters. The van der Waals surface area contributed by atoms with E-state index in [2.05, 4.69) is 45.6 Å². The second-order valence-electron chi connectivity index (χ2n) is 8.38. The van der Waals surface area contributed by atoms with Gasteiger partial charge >= 0.3 is 0 Å². The van der Waals surface area contributed by atoms with Gasteiger partial charge in [-0.3, -0.25) is 4.79 Å². The minimum atomic E-state index is 0.370. The molecule has 0 bridgehead atoms. The zero-order valence-corrected chi connectivity index (χ0v) is 16.4. The first-order chi connectivity index (χ1) is 13.2. The van der Waals surface area contributed by atoms with Crippen molar-refractivity contribution in [3.05, 3.63) is 42.2 Å². The van der Waals surface area contributed by atoms with E-state index < -0.39 is 0 Å². The number of rotatable bonds is 6. The molecule has 1 aliphatic carbocycles. The summed E-state index contributed by atoms with van der Waals surface area (Å²) in [6.07, 6.45) is 10.3. The number of carbonyl (C=O) groups excluding carboxylic acids is 1. The monoisotopic (exact) mass is 365 g/mol. The summed E-state index contributed by atoms with van der Waals surface area (Å²) in [5.74, 6) is 2.74. The highest BCUT2D eigenvalue weighted by atomic mass is 16.2. The van der Waals surface area contributed by atoms with Crippen LogP contribution in [0.15, 0.2) is 36.5 Å². The van der Waals surface area contributed by atoms with Gasteiger partial charge in [0.2, 0.25) is 5.91 Å². The molecule has 1 unspecified atom stereocenters. The molecule has 4 nitrogen and oxygen atoms in total. The molecule has 2 fully saturated rings. The van der Waals surface area contributed by atoms with Gasteiger partial charge in [0.1, 0.15) is 5.82 Å². The second kappa shape index (κ2) is 8.28. The molecule has 1 saturated carbocycles. The van der Waals surface area contributed by atoms with Crippen LogP contribution >= 0.6 is 0 Å². The normalized spacial score (nSPS) is 20.5. The van der Waals surface area contributed by atoms with Gasteiger partial charge in [-0.2, -0.15) is 0 Å². The quantitative estimate of drug-likeness (QED) is 0.745. The summed E-state index contributed by atoms with van der Waals surface area (Å²) in [4.78, 5) is 19.4. The standard InChI is InChI=1S/C23H31N3O/c1-18-15-24-23(21-9-3-2-4-10-21)26(18)17-20-13-14-25(16-20)22(27)12-11-19-7-5-6-8-19/h2-4,9-10,15,19-20H,5-8,11-14,16-17H2,1H3. The zero-order chi connectivity index (χ0) is 18.6. The minimum absolute atomic E-state index is 0.370. The lowest BCUT2D eigenvalue weighted by Crippen LogP contribution is -2.29. The van der Waals surface area contributed by atoms with Crippen LogP contribution in [-0.4, -0.2) is 33.4 Å². The van der Waals surface area contributed by atoms with Gasteiger partial charge in [-0.05, 0) is 31.6 Å². The Bertz CT molecular complexity index is 761. The molecule has 2 aliphatic rings. The van der Waals surface area contributed by atoms with Crippen LogP contribution in [0, 0.1) is 18.8 Å². The topological polar surface area (TPSA) is 38.1 Å². The molecular formula is C23H31N3O. The third kappa shape index (κ3) is 4.26. The summed E-state index contributed by atoms with van der Waals surface area (Å²) in [6, 6.07) is 10.4. The summed E-state index contributed by atoms with van der Waals surface area (Å²) in [7, 11) is 0. The molecule has 27 heavy (non-hydrogen) atoms. The SMILES string of the molecule is Cc1cnc(-c2ccccc2)n1CC1CCN(C(=O)CCC2CCCC2)C1. The van der Waals surface area contributed by atoms with Crippen molar-refractivity contribution in [2.45, 2.75) is 58.4 Å². The molecule has 4 heteroatoms. The van der Waals surface area contributed by atoms with Crippen molar-refractivity contribution >= 4 is 5.91 Å². The fourth-order valence-corrected chi connectivity index (χ4v) is 4.76. The van der Waals surface area contributed by atoms with Gasteiger partial charge in [-0.25, -0.2) is 4.98 Å². The van der Waals surface area contributed by atoms with E-state index in [-0.39, 0.29) is 0 Å². The van der Waals surface area contributed by atoms with Gasteiger partial charge in [-0.15, -0.1) is 0 Å². The molecule has 0 radical (unpaired) electrons. The van der Waals surface area contributed by atoms with E-state index in [0.29, 0.717) is 11.8 Å². The largest absolute Gasteiger partial charge is 0.342 e.